The lowest BCUT2D eigenvalue weighted by molar-refractivity contribution is -0.148. The van der Waals surface area contributed by atoms with E-state index in [9.17, 15) is 9.59 Å². The molecule has 0 saturated heterocycles. The lowest BCUT2D eigenvalue weighted by Crippen LogP contribution is -2.22. The fourth-order valence-corrected chi connectivity index (χ4v) is 4.12. The third kappa shape index (κ3) is 4.77. The van der Waals surface area contributed by atoms with E-state index in [4.69, 9.17) is 10.00 Å². The number of ether oxygens (including phenoxy) is 1. The highest BCUT2D eigenvalue weighted by atomic mass is 16.5. The monoisotopic (exact) mass is 415 g/mol. The Labute approximate surface area is 184 Å². The van der Waals surface area contributed by atoms with Crippen LogP contribution in [-0.2, 0) is 20.7 Å². The number of nitrogens with zero attached hydrogens (tertiary/aromatic N) is 1. The van der Waals surface area contributed by atoms with E-state index >= 15 is 0 Å². The first-order chi connectivity index (χ1) is 14.5. The number of hydrogen-bond donors (Lipinski definition) is 0. The smallest absolute Gasteiger partial charge is 0.316 e. The van der Waals surface area contributed by atoms with Gasteiger partial charge in [0.25, 0.3) is 0 Å². The Hall–Kier alpha value is -3.19. The summed E-state index contributed by atoms with van der Waals surface area (Å²) in [5.41, 5.74) is 5.45. The van der Waals surface area contributed by atoms with Crippen LogP contribution in [0, 0.1) is 43.4 Å². The molecule has 2 aromatic carbocycles. The first-order valence-corrected chi connectivity index (χ1v) is 10.6. The maximum Gasteiger partial charge on any atom is 0.316 e. The van der Waals surface area contributed by atoms with Gasteiger partial charge in [0, 0.05) is 12.3 Å². The van der Waals surface area contributed by atoms with Crippen molar-refractivity contribution in [3.8, 4) is 6.07 Å². The van der Waals surface area contributed by atoms with E-state index < -0.39 is 5.41 Å². The predicted octanol–water partition coefficient (Wildman–Crippen LogP) is 5.62. The first-order valence-electron chi connectivity index (χ1n) is 10.6. The average Bonchev–Trinajstić information content (AvgIpc) is 2.96. The van der Waals surface area contributed by atoms with Crippen LogP contribution in [0.1, 0.15) is 60.6 Å². The Bertz CT molecular complexity index is 1090. The zero-order chi connectivity index (χ0) is 22.9. The molecule has 3 rings (SSSR count). The maximum atomic E-state index is 13.6. The van der Waals surface area contributed by atoms with Crippen LogP contribution in [0.2, 0.25) is 0 Å². The number of benzene rings is 2. The van der Waals surface area contributed by atoms with Gasteiger partial charge in [0.05, 0.1) is 22.6 Å². The molecule has 1 aliphatic carbocycles. The van der Waals surface area contributed by atoms with Crippen molar-refractivity contribution < 1.29 is 14.3 Å². The van der Waals surface area contributed by atoms with Crippen LogP contribution >= 0.6 is 0 Å². The van der Waals surface area contributed by atoms with Crippen LogP contribution in [-0.4, -0.2) is 11.8 Å². The number of rotatable bonds is 4. The molecule has 0 aliphatic heterocycles. The summed E-state index contributed by atoms with van der Waals surface area (Å²) in [5, 5.41) is 9.01. The van der Waals surface area contributed by atoms with Gasteiger partial charge in [-0.1, -0.05) is 29.8 Å². The van der Waals surface area contributed by atoms with E-state index in [1.807, 2.05) is 53.7 Å². The molecule has 1 unspecified atom stereocenters. The summed E-state index contributed by atoms with van der Waals surface area (Å²) >= 11 is 0. The lowest BCUT2D eigenvalue weighted by atomic mass is 9.89. The highest BCUT2D eigenvalue weighted by molar-refractivity contribution is 6.25. The first kappa shape index (κ1) is 22.5. The summed E-state index contributed by atoms with van der Waals surface area (Å²) in [6.45, 7) is 11.4. The summed E-state index contributed by atoms with van der Waals surface area (Å²) in [7, 11) is 0. The maximum absolute atomic E-state index is 13.6. The molecule has 0 radical (unpaired) electrons. The fraction of sp³-hybridized carbons (Fsp3) is 0.370. The molecule has 0 fully saturated rings. The van der Waals surface area contributed by atoms with E-state index in [0.29, 0.717) is 29.7 Å². The Kier molecular flexibility index (Phi) is 6.18. The quantitative estimate of drug-likeness (QED) is 0.608. The van der Waals surface area contributed by atoms with Gasteiger partial charge in [-0.15, -0.1) is 0 Å². The van der Waals surface area contributed by atoms with Crippen LogP contribution in [0.15, 0.2) is 42.2 Å². The Morgan fingerprint density at radius 1 is 1.10 bits per heavy atom. The zero-order valence-corrected chi connectivity index (χ0v) is 19.1. The van der Waals surface area contributed by atoms with Crippen molar-refractivity contribution in [2.75, 3.05) is 0 Å². The molecule has 1 atom stereocenters. The number of nitriles is 1. The van der Waals surface area contributed by atoms with Gasteiger partial charge in [-0.3, -0.25) is 9.59 Å². The van der Waals surface area contributed by atoms with Crippen LogP contribution in [0.3, 0.4) is 0 Å². The second-order valence-corrected chi connectivity index (χ2v) is 9.49. The van der Waals surface area contributed by atoms with E-state index in [1.54, 1.807) is 12.1 Å². The molecule has 0 heterocycles. The number of allylic oxidation sites excluding steroid dienone is 2. The number of Topliss-reactive ketones (excluding diaryl/α,β-unsaturated/α-hetero) is 1. The topological polar surface area (TPSA) is 67.2 Å². The minimum absolute atomic E-state index is 0.0103. The molecule has 0 amide bonds. The van der Waals surface area contributed by atoms with Crippen molar-refractivity contribution in [2.24, 2.45) is 11.3 Å². The Morgan fingerprint density at radius 3 is 2.19 bits per heavy atom. The van der Waals surface area contributed by atoms with Gasteiger partial charge in [0.1, 0.15) is 5.76 Å². The van der Waals surface area contributed by atoms with E-state index in [1.165, 1.54) is 0 Å². The molecule has 0 aromatic heterocycles. The molecule has 0 saturated carbocycles. The van der Waals surface area contributed by atoms with Crippen molar-refractivity contribution >= 4 is 17.3 Å². The normalized spacial score (nSPS) is 16.4. The molecule has 160 valence electrons. The number of ketones is 1. The number of carbonyl (C=O) groups excluding carboxylic acids is 2. The van der Waals surface area contributed by atoms with Crippen molar-refractivity contribution in [3.05, 3.63) is 75.5 Å². The molecule has 4 heteroatoms. The van der Waals surface area contributed by atoms with Crippen molar-refractivity contribution in [2.45, 2.75) is 54.4 Å². The minimum Gasteiger partial charge on any atom is -0.430 e. The SMILES string of the molecule is Cc1cc(C)c(C2=C(OC(=O)C(C)(C)C)CC(Cc3ccc(C#N)cc3)C2=O)c(C)c1. The summed E-state index contributed by atoms with van der Waals surface area (Å²) in [6.07, 6.45) is 0.928. The molecule has 0 N–H and O–H groups in total. The van der Waals surface area contributed by atoms with Crippen LogP contribution in [0.25, 0.3) is 5.57 Å². The largest absolute Gasteiger partial charge is 0.430 e. The third-order valence-corrected chi connectivity index (χ3v) is 5.65. The summed E-state index contributed by atoms with van der Waals surface area (Å²) < 4.78 is 5.83. The van der Waals surface area contributed by atoms with Gasteiger partial charge in [-0.05, 0) is 82.3 Å². The van der Waals surface area contributed by atoms with Gasteiger partial charge in [-0.2, -0.15) is 5.26 Å². The van der Waals surface area contributed by atoms with E-state index in [-0.39, 0.29) is 17.7 Å². The molecular formula is C27H29NO3. The minimum atomic E-state index is -0.663. The van der Waals surface area contributed by atoms with E-state index in [0.717, 1.165) is 27.8 Å². The average molecular weight is 416 g/mol. The molecule has 0 bridgehead atoms. The summed E-state index contributed by atoms with van der Waals surface area (Å²) in [5.74, 6) is -0.158. The second-order valence-electron chi connectivity index (χ2n) is 9.49. The van der Waals surface area contributed by atoms with Gasteiger partial charge < -0.3 is 4.74 Å². The number of aryl methyl sites for hydroxylation is 3. The number of carbonyl (C=O) groups is 2. The fourth-order valence-electron chi connectivity index (χ4n) is 4.12. The molecule has 4 nitrogen and oxygen atoms in total. The summed E-state index contributed by atoms with van der Waals surface area (Å²) in [6, 6.07) is 13.5. The van der Waals surface area contributed by atoms with Crippen molar-refractivity contribution in [1.82, 2.24) is 0 Å². The summed E-state index contributed by atoms with van der Waals surface area (Å²) in [4.78, 5) is 26.2. The van der Waals surface area contributed by atoms with Gasteiger partial charge in [-0.25, -0.2) is 0 Å². The highest BCUT2D eigenvalue weighted by Gasteiger charge is 2.38. The second kappa shape index (κ2) is 8.51. The zero-order valence-electron chi connectivity index (χ0n) is 19.1. The van der Waals surface area contributed by atoms with Gasteiger partial charge in [0.2, 0.25) is 0 Å². The standard InChI is InChI=1S/C27H29NO3/c1-16-11-17(2)23(18(3)12-16)24-22(31-26(30)27(4,5)6)14-21(25(24)29)13-19-7-9-20(15-28)10-8-19/h7-12,21H,13-14H2,1-6H3. The molecule has 31 heavy (non-hydrogen) atoms. The molecule has 2 aromatic rings. The number of esters is 1. The Morgan fingerprint density at radius 2 is 1.68 bits per heavy atom. The highest BCUT2D eigenvalue weighted by Crippen LogP contribution is 2.40. The van der Waals surface area contributed by atoms with Crippen molar-refractivity contribution in [3.63, 3.8) is 0 Å². The Balaban J connectivity index is 2.01. The van der Waals surface area contributed by atoms with Crippen LogP contribution < -0.4 is 0 Å². The molecular weight excluding hydrogens is 386 g/mol. The lowest BCUT2D eigenvalue weighted by Gasteiger charge is -2.18. The van der Waals surface area contributed by atoms with E-state index in [2.05, 4.69) is 18.2 Å². The van der Waals surface area contributed by atoms with Crippen LogP contribution in [0.4, 0.5) is 0 Å². The predicted molar refractivity (Wildman–Crippen MR) is 121 cm³/mol. The molecule has 1 aliphatic rings. The van der Waals surface area contributed by atoms with Gasteiger partial charge in [0.15, 0.2) is 5.78 Å². The van der Waals surface area contributed by atoms with Crippen LogP contribution in [0.5, 0.6) is 0 Å². The number of hydrogen-bond acceptors (Lipinski definition) is 4. The third-order valence-electron chi connectivity index (χ3n) is 5.65. The van der Waals surface area contributed by atoms with Gasteiger partial charge >= 0.3 is 5.97 Å². The van der Waals surface area contributed by atoms with Crippen molar-refractivity contribution in [1.29, 1.82) is 5.26 Å². The molecule has 0 spiro atoms.